The molecule has 0 amide bonds. The first-order chi connectivity index (χ1) is 36.5. The van der Waals surface area contributed by atoms with E-state index in [1.165, 1.54) is 257 Å². The minimum atomic E-state index is -0.772. The van der Waals surface area contributed by atoms with Crippen molar-refractivity contribution in [2.24, 2.45) is 0 Å². The Hall–Kier alpha value is -2.37. The maximum absolute atomic E-state index is 12.9. The molecule has 0 rings (SSSR count). The molecule has 0 aromatic carbocycles. The van der Waals surface area contributed by atoms with Crippen LogP contribution in [0.15, 0.2) is 36.5 Å². The quantitative estimate of drug-likeness (QED) is 0.0261. The lowest BCUT2D eigenvalue weighted by atomic mass is 10.0. The van der Waals surface area contributed by atoms with Gasteiger partial charge in [0.1, 0.15) is 13.2 Å². The van der Waals surface area contributed by atoms with E-state index < -0.39 is 6.10 Å². The predicted octanol–water partition coefficient (Wildman–Crippen LogP) is 22.4. The molecule has 0 heterocycles. The Kier molecular flexibility index (Phi) is 61.1. The highest BCUT2D eigenvalue weighted by Gasteiger charge is 2.19. The van der Waals surface area contributed by atoms with Gasteiger partial charge in [0.05, 0.1) is 0 Å². The van der Waals surface area contributed by atoms with E-state index in [4.69, 9.17) is 14.2 Å². The van der Waals surface area contributed by atoms with Gasteiger partial charge in [0.15, 0.2) is 6.10 Å². The van der Waals surface area contributed by atoms with Crippen molar-refractivity contribution >= 4 is 17.9 Å². The first-order valence-electron chi connectivity index (χ1n) is 33.0. The first-order valence-corrected chi connectivity index (χ1v) is 33.0. The Labute approximate surface area is 461 Å². The summed E-state index contributed by atoms with van der Waals surface area (Å²) < 4.78 is 17.0. The fourth-order valence-electron chi connectivity index (χ4n) is 9.88. The number of ether oxygens (including phenoxy) is 3. The number of hydrogen-bond donors (Lipinski definition) is 0. The van der Waals surface area contributed by atoms with Crippen LogP contribution in [0.2, 0.25) is 0 Å². The summed E-state index contributed by atoms with van der Waals surface area (Å²) in [5, 5.41) is 0. The van der Waals surface area contributed by atoms with E-state index in [-0.39, 0.29) is 31.1 Å². The molecule has 0 aliphatic carbocycles. The Bertz CT molecular complexity index is 1240. The Morgan fingerprint density at radius 3 is 0.757 bits per heavy atom. The van der Waals surface area contributed by atoms with Crippen molar-refractivity contribution < 1.29 is 28.6 Å². The van der Waals surface area contributed by atoms with Gasteiger partial charge in [-0.05, 0) is 77.0 Å². The molecule has 0 fully saturated rings. The second kappa shape index (κ2) is 63.2. The second-order valence-corrected chi connectivity index (χ2v) is 22.4. The largest absolute Gasteiger partial charge is 0.462 e. The van der Waals surface area contributed by atoms with Gasteiger partial charge in [-0.1, -0.05) is 301 Å². The van der Waals surface area contributed by atoms with Crippen LogP contribution in [0.4, 0.5) is 0 Å². The number of carbonyl (C=O) groups is 3. The first kappa shape index (κ1) is 71.6. The van der Waals surface area contributed by atoms with Gasteiger partial charge in [0, 0.05) is 19.3 Å². The van der Waals surface area contributed by atoms with E-state index >= 15 is 0 Å². The second-order valence-electron chi connectivity index (χ2n) is 22.4. The van der Waals surface area contributed by atoms with E-state index in [1.807, 2.05) is 0 Å². The Balaban J connectivity index is 4.26. The predicted molar refractivity (Wildman–Crippen MR) is 321 cm³/mol. The molecular weight excluding hydrogens is 913 g/mol. The molecule has 434 valence electrons. The normalized spacial score (nSPS) is 12.2. The molecule has 6 heteroatoms. The van der Waals surface area contributed by atoms with Crippen LogP contribution < -0.4 is 0 Å². The number of unbranched alkanes of at least 4 members (excludes halogenated alkanes) is 44. The zero-order chi connectivity index (χ0) is 53.6. The number of rotatable bonds is 61. The van der Waals surface area contributed by atoms with Crippen LogP contribution in [0.3, 0.4) is 0 Å². The number of allylic oxidation sites excluding steroid dienone is 6. The van der Waals surface area contributed by atoms with Crippen LogP contribution in [-0.2, 0) is 28.6 Å². The third-order valence-electron chi connectivity index (χ3n) is 14.9. The number of hydrogen-bond acceptors (Lipinski definition) is 6. The summed E-state index contributed by atoms with van der Waals surface area (Å²) in [6.07, 6.45) is 77.2. The number of esters is 3. The lowest BCUT2D eigenvalue weighted by molar-refractivity contribution is -0.167. The Morgan fingerprint density at radius 2 is 0.486 bits per heavy atom. The summed E-state index contributed by atoms with van der Waals surface area (Å²) in [6.45, 7) is 6.68. The molecule has 74 heavy (non-hydrogen) atoms. The monoisotopic (exact) mass is 1040 g/mol. The van der Waals surface area contributed by atoms with E-state index in [0.29, 0.717) is 19.3 Å². The van der Waals surface area contributed by atoms with Gasteiger partial charge in [-0.25, -0.2) is 0 Å². The fraction of sp³-hybridized carbons (Fsp3) is 0.868. The van der Waals surface area contributed by atoms with Crippen LogP contribution in [0.1, 0.15) is 361 Å². The highest BCUT2D eigenvalue weighted by atomic mass is 16.6. The molecule has 0 aliphatic heterocycles. The molecule has 1 unspecified atom stereocenters. The van der Waals surface area contributed by atoms with E-state index in [1.54, 1.807) is 0 Å². The standard InChI is InChI=1S/C68H126O6/c1-4-7-10-13-16-19-22-25-28-30-31-32-33-34-35-36-37-39-40-43-46-49-52-55-58-61-67(70)73-64-65(63-72-66(69)60-57-54-51-48-45-42-27-24-21-18-15-12-9-6-3)74-68(71)62-59-56-53-50-47-44-41-38-29-26-23-20-17-14-11-8-5-2/h22,25-26,29-31,65H,4-21,23-24,27-28,32-64H2,1-3H3/b25-22-,29-26-,31-30-. The summed E-state index contributed by atoms with van der Waals surface area (Å²) in [6, 6.07) is 0. The highest BCUT2D eigenvalue weighted by Crippen LogP contribution is 2.17. The van der Waals surface area contributed by atoms with Crippen molar-refractivity contribution in [1.82, 2.24) is 0 Å². The topological polar surface area (TPSA) is 78.9 Å². The molecule has 0 saturated heterocycles. The van der Waals surface area contributed by atoms with Crippen LogP contribution in [-0.4, -0.2) is 37.2 Å². The van der Waals surface area contributed by atoms with Crippen molar-refractivity contribution in [1.29, 1.82) is 0 Å². The van der Waals surface area contributed by atoms with Crippen molar-refractivity contribution in [2.75, 3.05) is 13.2 Å². The van der Waals surface area contributed by atoms with Crippen molar-refractivity contribution in [3.8, 4) is 0 Å². The maximum Gasteiger partial charge on any atom is 0.306 e. The van der Waals surface area contributed by atoms with E-state index in [0.717, 1.165) is 64.2 Å². The molecule has 0 radical (unpaired) electrons. The van der Waals surface area contributed by atoms with Crippen LogP contribution in [0.25, 0.3) is 0 Å². The molecule has 0 aromatic rings. The van der Waals surface area contributed by atoms with Gasteiger partial charge in [0.2, 0.25) is 0 Å². The molecule has 0 bridgehead atoms. The Morgan fingerprint density at radius 1 is 0.270 bits per heavy atom. The third-order valence-corrected chi connectivity index (χ3v) is 14.9. The van der Waals surface area contributed by atoms with Gasteiger partial charge in [-0.3, -0.25) is 14.4 Å². The maximum atomic E-state index is 12.9. The van der Waals surface area contributed by atoms with Gasteiger partial charge >= 0.3 is 17.9 Å². The molecule has 1 atom stereocenters. The van der Waals surface area contributed by atoms with Crippen LogP contribution >= 0.6 is 0 Å². The van der Waals surface area contributed by atoms with Crippen LogP contribution in [0, 0.1) is 0 Å². The third kappa shape index (κ3) is 60.5. The summed E-state index contributed by atoms with van der Waals surface area (Å²) >= 11 is 0. The summed E-state index contributed by atoms with van der Waals surface area (Å²) in [4.78, 5) is 38.3. The summed E-state index contributed by atoms with van der Waals surface area (Å²) in [5.41, 5.74) is 0. The van der Waals surface area contributed by atoms with Gasteiger partial charge in [-0.2, -0.15) is 0 Å². The average Bonchev–Trinajstić information content (AvgIpc) is 3.40. The molecule has 0 spiro atoms. The lowest BCUT2D eigenvalue weighted by Crippen LogP contribution is -2.30. The van der Waals surface area contributed by atoms with Crippen molar-refractivity contribution in [3.63, 3.8) is 0 Å². The molecular formula is C68H126O6. The van der Waals surface area contributed by atoms with Crippen molar-refractivity contribution in [2.45, 2.75) is 367 Å². The minimum Gasteiger partial charge on any atom is -0.462 e. The smallest absolute Gasteiger partial charge is 0.306 e. The number of carbonyl (C=O) groups excluding carboxylic acids is 3. The summed E-state index contributed by atoms with van der Waals surface area (Å²) in [5.74, 6) is -0.849. The molecule has 0 saturated carbocycles. The molecule has 6 nitrogen and oxygen atoms in total. The van der Waals surface area contributed by atoms with E-state index in [9.17, 15) is 14.4 Å². The van der Waals surface area contributed by atoms with Gasteiger partial charge in [0.25, 0.3) is 0 Å². The van der Waals surface area contributed by atoms with Crippen LogP contribution in [0.5, 0.6) is 0 Å². The van der Waals surface area contributed by atoms with Crippen molar-refractivity contribution in [3.05, 3.63) is 36.5 Å². The zero-order valence-electron chi connectivity index (χ0n) is 49.9. The minimum absolute atomic E-state index is 0.0691. The highest BCUT2D eigenvalue weighted by molar-refractivity contribution is 5.71. The summed E-state index contributed by atoms with van der Waals surface area (Å²) in [7, 11) is 0. The van der Waals surface area contributed by atoms with Gasteiger partial charge in [-0.15, -0.1) is 0 Å². The molecule has 0 aromatic heterocycles. The SMILES string of the molecule is CCCCCCC/C=C\C/C=C\CCCCCCCCCCCCCCCC(=O)OCC(COC(=O)CCCCCCCCCCCCCCCC)OC(=O)CCCCCCCCC/C=C\CCCCCCCC. The van der Waals surface area contributed by atoms with E-state index in [2.05, 4.69) is 57.2 Å². The molecule has 0 aliphatic rings. The van der Waals surface area contributed by atoms with Gasteiger partial charge < -0.3 is 14.2 Å². The molecule has 0 N–H and O–H groups in total. The zero-order valence-corrected chi connectivity index (χ0v) is 49.9. The fourth-order valence-corrected chi connectivity index (χ4v) is 9.88. The average molecular weight is 1040 g/mol. The lowest BCUT2D eigenvalue weighted by Gasteiger charge is -2.18.